The van der Waals surface area contributed by atoms with Gasteiger partial charge in [0.25, 0.3) is 0 Å². The SMILES string of the molecule is CC1CCC(C(C)C)C(NC(=O)CN2CCNCC2)C1. The molecule has 20 heavy (non-hydrogen) atoms. The Labute approximate surface area is 123 Å². The molecule has 0 aromatic carbocycles. The molecule has 1 heterocycles. The minimum Gasteiger partial charge on any atom is -0.352 e. The maximum absolute atomic E-state index is 12.3. The molecule has 0 bridgehead atoms. The Hall–Kier alpha value is -0.610. The van der Waals surface area contributed by atoms with Gasteiger partial charge in [-0.05, 0) is 30.6 Å². The van der Waals surface area contributed by atoms with Crippen LogP contribution in [0.2, 0.25) is 0 Å². The monoisotopic (exact) mass is 281 g/mol. The van der Waals surface area contributed by atoms with Gasteiger partial charge in [0.05, 0.1) is 6.54 Å². The summed E-state index contributed by atoms with van der Waals surface area (Å²) in [4.78, 5) is 14.5. The fourth-order valence-corrected chi connectivity index (χ4v) is 3.69. The molecule has 0 radical (unpaired) electrons. The second kappa shape index (κ2) is 7.41. The number of carbonyl (C=O) groups excluding carboxylic acids is 1. The van der Waals surface area contributed by atoms with Crippen LogP contribution in [0.5, 0.6) is 0 Å². The lowest BCUT2D eigenvalue weighted by Crippen LogP contribution is -2.51. The Bertz CT molecular complexity index is 313. The van der Waals surface area contributed by atoms with Gasteiger partial charge in [0, 0.05) is 32.2 Å². The Morgan fingerprint density at radius 1 is 1.30 bits per heavy atom. The summed E-state index contributed by atoms with van der Waals surface area (Å²) in [7, 11) is 0. The summed E-state index contributed by atoms with van der Waals surface area (Å²) in [6.45, 7) is 11.4. The molecule has 4 nitrogen and oxygen atoms in total. The van der Waals surface area contributed by atoms with Crippen LogP contribution in [0.4, 0.5) is 0 Å². The molecule has 1 aliphatic carbocycles. The van der Waals surface area contributed by atoms with E-state index in [1.165, 1.54) is 12.8 Å². The third kappa shape index (κ3) is 4.45. The van der Waals surface area contributed by atoms with Gasteiger partial charge in [0.2, 0.25) is 5.91 Å². The molecule has 2 N–H and O–H groups in total. The van der Waals surface area contributed by atoms with E-state index in [0.29, 0.717) is 24.4 Å². The van der Waals surface area contributed by atoms with Crippen molar-refractivity contribution in [2.75, 3.05) is 32.7 Å². The maximum Gasteiger partial charge on any atom is 0.234 e. The van der Waals surface area contributed by atoms with E-state index in [-0.39, 0.29) is 5.91 Å². The van der Waals surface area contributed by atoms with Gasteiger partial charge in [-0.1, -0.05) is 27.2 Å². The Morgan fingerprint density at radius 2 is 2.00 bits per heavy atom. The summed E-state index contributed by atoms with van der Waals surface area (Å²) in [5, 5.41) is 6.65. The number of hydrogen-bond acceptors (Lipinski definition) is 3. The van der Waals surface area contributed by atoms with Gasteiger partial charge >= 0.3 is 0 Å². The van der Waals surface area contributed by atoms with Gasteiger partial charge in [0.1, 0.15) is 0 Å². The topological polar surface area (TPSA) is 44.4 Å². The molecule has 3 unspecified atom stereocenters. The lowest BCUT2D eigenvalue weighted by atomic mass is 9.74. The Balaban J connectivity index is 1.83. The normalized spacial score (nSPS) is 32.3. The average molecular weight is 281 g/mol. The van der Waals surface area contributed by atoms with Crippen LogP contribution in [0.15, 0.2) is 0 Å². The molecule has 2 rings (SSSR count). The van der Waals surface area contributed by atoms with E-state index in [0.717, 1.165) is 38.5 Å². The number of nitrogens with one attached hydrogen (secondary N) is 2. The third-order valence-corrected chi connectivity index (χ3v) is 4.95. The van der Waals surface area contributed by atoms with Crippen LogP contribution in [-0.2, 0) is 4.79 Å². The largest absolute Gasteiger partial charge is 0.352 e. The van der Waals surface area contributed by atoms with Gasteiger partial charge < -0.3 is 10.6 Å². The molecular weight excluding hydrogens is 250 g/mol. The molecule has 4 heteroatoms. The molecule has 2 aliphatic rings. The fourth-order valence-electron chi connectivity index (χ4n) is 3.69. The van der Waals surface area contributed by atoms with Crippen LogP contribution < -0.4 is 10.6 Å². The summed E-state index contributed by atoms with van der Waals surface area (Å²) >= 11 is 0. The van der Waals surface area contributed by atoms with E-state index < -0.39 is 0 Å². The Kier molecular flexibility index (Phi) is 5.85. The van der Waals surface area contributed by atoms with Crippen molar-refractivity contribution in [2.45, 2.75) is 46.1 Å². The number of amides is 1. The van der Waals surface area contributed by atoms with Crippen molar-refractivity contribution in [1.82, 2.24) is 15.5 Å². The molecule has 1 saturated carbocycles. The molecule has 0 aromatic heterocycles. The molecule has 2 fully saturated rings. The molecule has 116 valence electrons. The highest BCUT2D eigenvalue weighted by Crippen LogP contribution is 2.33. The van der Waals surface area contributed by atoms with Crippen LogP contribution >= 0.6 is 0 Å². The van der Waals surface area contributed by atoms with Crippen molar-refractivity contribution in [3.63, 3.8) is 0 Å². The van der Waals surface area contributed by atoms with Crippen LogP contribution in [0.25, 0.3) is 0 Å². The molecule has 3 atom stereocenters. The smallest absolute Gasteiger partial charge is 0.234 e. The zero-order chi connectivity index (χ0) is 14.5. The first-order valence-electron chi connectivity index (χ1n) is 8.28. The highest BCUT2D eigenvalue weighted by atomic mass is 16.2. The standard InChI is InChI=1S/C16H31N3O/c1-12(2)14-5-4-13(3)10-15(14)18-16(20)11-19-8-6-17-7-9-19/h12-15,17H,4-11H2,1-3H3,(H,18,20). The number of hydrogen-bond donors (Lipinski definition) is 2. The van der Waals surface area contributed by atoms with Crippen molar-refractivity contribution in [1.29, 1.82) is 0 Å². The zero-order valence-electron chi connectivity index (χ0n) is 13.3. The number of piperazine rings is 1. The number of nitrogens with zero attached hydrogens (tertiary/aromatic N) is 1. The molecule has 1 amide bonds. The minimum atomic E-state index is 0.219. The number of carbonyl (C=O) groups is 1. The maximum atomic E-state index is 12.3. The predicted molar refractivity (Wildman–Crippen MR) is 82.6 cm³/mol. The first-order chi connectivity index (χ1) is 9.56. The molecule has 1 aliphatic heterocycles. The lowest BCUT2D eigenvalue weighted by Gasteiger charge is -2.38. The van der Waals surface area contributed by atoms with Crippen LogP contribution in [0, 0.1) is 17.8 Å². The van der Waals surface area contributed by atoms with Crippen LogP contribution in [0.3, 0.4) is 0 Å². The van der Waals surface area contributed by atoms with Crippen molar-refractivity contribution in [2.24, 2.45) is 17.8 Å². The van der Waals surface area contributed by atoms with Crippen molar-refractivity contribution >= 4 is 5.91 Å². The third-order valence-electron chi connectivity index (χ3n) is 4.95. The lowest BCUT2D eigenvalue weighted by molar-refractivity contribution is -0.124. The van der Waals surface area contributed by atoms with E-state index in [2.05, 4.69) is 36.3 Å². The van der Waals surface area contributed by atoms with Crippen molar-refractivity contribution in [3.05, 3.63) is 0 Å². The Morgan fingerprint density at radius 3 is 2.65 bits per heavy atom. The second-order valence-corrected chi connectivity index (χ2v) is 7.03. The van der Waals surface area contributed by atoms with E-state index >= 15 is 0 Å². The van der Waals surface area contributed by atoms with Gasteiger partial charge in [-0.2, -0.15) is 0 Å². The van der Waals surface area contributed by atoms with Gasteiger partial charge in [-0.25, -0.2) is 0 Å². The highest BCUT2D eigenvalue weighted by molar-refractivity contribution is 5.78. The van der Waals surface area contributed by atoms with Gasteiger partial charge in [-0.15, -0.1) is 0 Å². The van der Waals surface area contributed by atoms with E-state index in [4.69, 9.17) is 0 Å². The first kappa shape index (κ1) is 15.8. The highest BCUT2D eigenvalue weighted by Gasteiger charge is 2.31. The first-order valence-corrected chi connectivity index (χ1v) is 8.28. The summed E-state index contributed by atoms with van der Waals surface area (Å²) in [5.41, 5.74) is 0. The number of rotatable bonds is 4. The minimum absolute atomic E-state index is 0.219. The second-order valence-electron chi connectivity index (χ2n) is 7.03. The van der Waals surface area contributed by atoms with Crippen molar-refractivity contribution < 1.29 is 4.79 Å². The molecule has 0 spiro atoms. The van der Waals surface area contributed by atoms with Gasteiger partial charge in [-0.3, -0.25) is 9.69 Å². The van der Waals surface area contributed by atoms with Crippen LogP contribution in [0.1, 0.15) is 40.0 Å². The average Bonchev–Trinajstić information content (AvgIpc) is 2.39. The summed E-state index contributed by atoms with van der Waals surface area (Å²) in [6.07, 6.45) is 3.72. The zero-order valence-corrected chi connectivity index (χ0v) is 13.3. The molecule has 0 aromatic rings. The fraction of sp³-hybridized carbons (Fsp3) is 0.938. The molecular formula is C16H31N3O. The van der Waals surface area contributed by atoms with E-state index in [1.54, 1.807) is 0 Å². The van der Waals surface area contributed by atoms with Gasteiger partial charge in [0.15, 0.2) is 0 Å². The van der Waals surface area contributed by atoms with Crippen LogP contribution in [-0.4, -0.2) is 49.6 Å². The summed E-state index contributed by atoms with van der Waals surface area (Å²) in [6, 6.07) is 0.383. The predicted octanol–water partition coefficient (Wildman–Crippen LogP) is 1.47. The molecule has 1 saturated heterocycles. The van der Waals surface area contributed by atoms with Crippen molar-refractivity contribution in [3.8, 4) is 0 Å². The summed E-state index contributed by atoms with van der Waals surface area (Å²) < 4.78 is 0. The van der Waals surface area contributed by atoms with E-state index in [9.17, 15) is 4.79 Å². The van der Waals surface area contributed by atoms with E-state index in [1.807, 2.05) is 0 Å². The summed E-state index contributed by atoms with van der Waals surface area (Å²) in [5.74, 6) is 2.27. The quantitative estimate of drug-likeness (QED) is 0.820.